The number of aryl methyl sites for hydroxylation is 2. The van der Waals surface area contributed by atoms with E-state index >= 15 is 0 Å². The molecule has 1 aromatic heterocycles. The highest BCUT2D eigenvalue weighted by molar-refractivity contribution is 5.14. The molecule has 0 saturated heterocycles. The third-order valence-corrected chi connectivity index (χ3v) is 4.70. The van der Waals surface area contributed by atoms with E-state index in [0.717, 1.165) is 30.1 Å². The van der Waals surface area contributed by atoms with E-state index in [1.807, 2.05) is 11.7 Å². The Hall–Kier alpha value is -0.860. The minimum atomic E-state index is 0.857. The van der Waals surface area contributed by atoms with E-state index in [-0.39, 0.29) is 0 Å². The molecular weight excluding hydrogens is 210 g/mol. The summed E-state index contributed by atoms with van der Waals surface area (Å²) >= 11 is 0. The summed E-state index contributed by atoms with van der Waals surface area (Å²) in [6.45, 7) is 4.71. The van der Waals surface area contributed by atoms with Crippen LogP contribution >= 0.6 is 0 Å². The van der Waals surface area contributed by atoms with Gasteiger partial charge in [0, 0.05) is 7.05 Å². The minimum absolute atomic E-state index is 0.857. The average Bonchev–Trinajstić information content (AvgIpc) is 2.73. The predicted molar refractivity (Wildman–Crippen MR) is 67.6 cm³/mol. The Balaban J connectivity index is 1.70. The SMILES string of the molecule is CC(C)CC1C2CCc3nnn(C)c3CCC21. The maximum Gasteiger partial charge on any atom is 0.0859 e. The lowest BCUT2D eigenvalue weighted by Crippen LogP contribution is -2.04. The van der Waals surface area contributed by atoms with Crippen molar-refractivity contribution in [2.45, 2.75) is 46.0 Å². The third-order valence-electron chi connectivity index (χ3n) is 4.70. The summed E-state index contributed by atoms with van der Waals surface area (Å²) in [6.07, 6.45) is 6.47. The van der Waals surface area contributed by atoms with Gasteiger partial charge in [-0.3, -0.25) is 4.68 Å². The zero-order valence-corrected chi connectivity index (χ0v) is 11.2. The van der Waals surface area contributed by atoms with Crippen molar-refractivity contribution < 1.29 is 0 Å². The van der Waals surface area contributed by atoms with Crippen LogP contribution in [0.2, 0.25) is 0 Å². The molecule has 2 aliphatic carbocycles. The summed E-state index contributed by atoms with van der Waals surface area (Å²) in [5, 5.41) is 8.47. The third kappa shape index (κ3) is 2.00. The largest absolute Gasteiger partial charge is 0.252 e. The summed E-state index contributed by atoms with van der Waals surface area (Å²) in [6, 6.07) is 0. The normalized spacial score (nSPS) is 31.6. The number of hydrogen-bond donors (Lipinski definition) is 0. The number of nitrogens with zero attached hydrogens (tertiary/aromatic N) is 3. The van der Waals surface area contributed by atoms with E-state index in [4.69, 9.17) is 0 Å². The zero-order chi connectivity index (χ0) is 12.0. The highest BCUT2D eigenvalue weighted by atomic mass is 15.4. The van der Waals surface area contributed by atoms with E-state index in [1.54, 1.807) is 0 Å². The number of fused-ring (bicyclic) bond motifs is 2. The molecule has 0 N–H and O–H groups in total. The lowest BCUT2D eigenvalue weighted by Gasteiger charge is -2.07. The van der Waals surface area contributed by atoms with Crippen molar-refractivity contribution in [3.05, 3.63) is 11.4 Å². The second-order valence-corrected chi connectivity index (χ2v) is 6.30. The highest BCUT2D eigenvalue weighted by Crippen LogP contribution is 2.55. The smallest absolute Gasteiger partial charge is 0.0859 e. The van der Waals surface area contributed by atoms with Crippen LogP contribution in [0.5, 0.6) is 0 Å². The fourth-order valence-electron chi connectivity index (χ4n) is 3.80. The molecule has 3 rings (SSSR count). The first-order valence-electron chi connectivity index (χ1n) is 7.04. The highest BCUT2D eigenvalue weighted by Gasteiger charge is 2.49. The first kappa shape index (κ1) is 11.2. The van der Waals surface area contributed by atoms with Gasteiger partial charge in [-0.1, -0.05) is 19.1 Å². The van der Waals surface area contributed by atoms with Crippen LogP contribution in [-0.4, -0.2) is 15.0 Å². The Labute approximate surface area is 104 Å². The van der Waals surface area contributed by atoms with Gasteiger partial charge in [0.15, 0.2) is 0 Å². The van der Waals surface area contributed by atoms with Gasteiger partial charge in [-0.15, -0.1) is 5.10 Å². The molecule has 1 fully saturated rings. The van der Waals surface area contributed by atoms with Crippen molar-refractivity contribution in [1.29, 1.82) is 0 Å². The molecule has 3 atom stereocenters. The quantitative estimate of drug-likeness (QED) is 0.786. The van der Waals surface area contributed by atoms with Crippen LogP contribution in [0.4, 0.5) is 0 Å². The molecule has 2 aliphatic rings. The van der Waals surface area contributed by atoms with Gasteiger partial charge >= 0.3 is 0 Å². The van der Waals surface area contributed by atoms with Gasteiger partial charge in [-0.2, -0.15) is 0 Å². The van der Waals surface area contributed by atoms with Gasteiger partial charge in [-0.25, -0.2) is 0 Å². The van der Waals surface area contributed by atoms with Crippen LogP contribution in [0.15, 0.2) is 0 Å². The Morgan fingerprint density at radius 1 is 1.24 bits per heavy atom. The second-order valence-electron chi connectivity index (χ2n) is 6.30. The first-order chi connectivity index (χ1) is 8.16. The molecule has 0 spiro atoms. The van der Waals surface area contributed by atoms with Gasteiger partial charge in [0.05, 0.1) is 11.4 Å². The van der Waals surface area contributed by atoms with Gasteiger partial charge in [0.2, 0.25) is 0 Å². The maximum atomic E-state index is 4.31. The Kier molecular flexibility index (Phi) is 2.72. The first-order valence-corrected chi connectivity index (χ1v) is 7.04. The summed E-state index contributed by atoms with van der Waals surface area (Å²) in [4.78, 5) is 0. The summed E-state index contributed by atoms with van der Waals surface area (Å²) in [5.41, 5.74) is 2.65. The van der Waals surface area contributed by atoms with Crippen LogP contribution in [0.1, 0.15) is 44.5 Å². The molecule has 3 heteroatoms. The van der Waals surface area contributed by atoms with E-state index in [1.165, 1.54) is 37.1 Å². The van der Waals surface area contributed by atoms with Gasteiger partial charge in [0.25, 0.3) is 0 Å². The van der Waals surface area contributed by atoms with Crippen molar-refractivity contribution >= 4 is 0 Å². The Morgan fingerprint density at radius 3 is 2.65 bits per heavy atom. The molecule has 0 aromatic carbocycles. The lowest BCUT2D eigenvalue weighted by molar-refractivity contribution is 0.492. The molecular formula is C14H23N3. The van der Waals surface area contributed by atoms with E-state index in [9.17, 15) is 0 Å². The summed E-state index contributed by atoms with van der Waals surface area (Å²) in [7, 11) is 2.03. The second kappa shape index (κ2) is 4.11. The standard InChI is InChI=1S/C14H23N3/c1-9(2)8-12-10-4-6-13-14(7-5-11(10)12)17(3)16-15-13/h9-12H,4-8H2,1-3H3. The average molecular weight is 233 g/mol. The number of aromatic nitrogens is 3. The maximum absolute atomic E-state index is 4.31. The summed E-state index contributed by atoms with van der Waals surface area (Å²) < 4.78 is 1.98. The Morgan fingerprint density at radius 2 is 1.94 bits per heavy atom. The molecule has 1 aromatic rings. The molecule has 0 radical (unpaired) electrons. The van der Waals surface area contributed by atoms with Crippen LogP contribution in [-0.2, 0) is 19.9 Å². The van der Waals surface area contributed by atoms with Gasteiger partial charge in [0.1, 0.15) is 0 Å². The molecule has 1 heterocycles. The number of rotatable bonds is 2. The topological polar surface area (TPSA) is 30.7 Å². The van der Waals surface area contributed by atoms with Crippen LogP contribution < -0.4 is 0 Å². The van der Waals surface area contributed by atoms with Crippen molar-refractivity contribution in [3.8, 4) is 0 Å². The van der Waals surface area contributed by atoms with Crippen molar-refractivity contribution in [2.24, 2.45) is 30.7 Å². The van der Waals surface area contributed by atoms with Crippen LogP contribution in [0.25, 0.3) is 0 Å². The molecule has 3 unspecified atom stereocenters. The minimum Gasteiger partial charge on any atom is -0.252 e. The monoisotopic (exact) mass is 233 g/mol. The summed E-state index contributed by atoms with van der Waals surface area (Å²) in [5.74, 6) is 3.86. The fourth-order valence-corrected chi connectivity index (χ4v) is 3.80. The van der Waals surface area contributed by atoms with E-state index < -0.39 is 0 Å². The predicted octanol–water partition coefficient (Wildman–Crippen LogP) is 2.60. The van der Waals surface area contributed by atoms with Crippen LogP contribution in [0.3, 0.4) is 0 Å². The zero-order valence-electron chi connectivity index (χ0n) is 11.2. The van der Waals surface area contributed by atoms with Crippen molar-refractivity contribution in [1.82, 2.24) is 15.0 Å². The molecule has 3 nitrogen and oxygen atoms in total. The molecule has 1 saturated carbocycles. The number of hydrogen-bond acceptors (Lipinski definition) is 2. The molecule has 0 bridgehead atoms. The van der Waals surface area contributed by atoms with E-state index in [2.05, 4.69) is 24.2 Å². The molecule has 0 amide bonds. The van der Waals surface area contributed by atoms with Gasteiger partial charge in [-0.05, 0) is 55.8 Å². The fraction of sp³-hybridized carbons (Fsp3) is 0.857. The van der Waals surface area contributed by atoms with Gasteiger partial charge < -0.3 is 0 Å². The molecule has 17 heavy (non-hydrogen) atoms. The molecule has 0 aliphatic heterocycles. The van der Waals surface area contributed by atoms with Crippen molar-refractivity contribution in [2.75, 3.05) is 0 Å². The lowest BCUT2D eigenvalue weighted by atomic mass is 10.0. The van der Waals surface area contributed by atoms with Crippen LogP contribution in [0, 0.1) is 23.7 Å². The molecule has 94 valence electrons. The Bertz CT molecular complexity index is 408. The van der Waals surface area contributed by atoms with E-state index in [0.29, 0.717) is 0 Å². The van der Waals surface area contributed by atoms with Crippen molar-refractivity contribution in [3.63, 3.8) is 0 Å².